The number of hydrogen-bond acceptors (Lipinski definition) is 5. The van der Waals surface area contributed by atoms with Gasteiger partial charge in [0, 0.05) is 18.4 Å². The summed E-state index contributed by atoms with van der Waals surface area (Å²) in [4.78, 5) is 5.89. The molecular formula is C20H21FN2O2S2. The van der Waals surface area contributed by atoms with Gasteiger partial charge in [-0.2, -0.15) is 0 Å². The second-order valence-electron chi connectivity index (χ2n) is 6.28. The van der Waals surface area contributed by atoms with E-state index in [1.165, 1.54) is 29.7 Å². The zero-order chi connectivity index (χ0) is 19.4. The van der Waals surface area contributed by atoms with Crippen LogP contribution in [0.2, 0.25) is 0 Å². The van der Waals surface area contributed by atoms with Crippen molar-refractivity contribution in [2.45, 2.75) is 24.7 Å². The lowest BCUT2D eigenvalue weighted by Crippen LogP contribution is -1.99. The van der Waals surface area contributed by atoms with Crippen LogP contribution in [0.5, 0.6) is 0 Å². The molecule has 3 rings (SSSR count). The largest absolute Gasteiger partial charge is 0.361 e. The van der Waals surface area contributed by atoms with E-state index < -0.39 is 9.84 Å². The molecule has 3 aromatic rings. The molecule has 0 atom stereocenters. The highest BCUT2D eigenvalue weighted by Gasteiger charge is 2.16. The highest BCUT2D eigenvalue weighted by atomic mass is 32.2. The highest BCUT2D eigenvalue weighted by Crippen LogP contribution is 2.39. The molecule has 142 valence electrons. The number of halogens is 1. The summed E-state index contributed by atoms with van der Waals surface area (Å²) >= 11 is 1.51. The Labute approximate surface area is 163 Å². The van der Waals surface area contributed by atoms with Crippen molar-refractivity contribution in [3.8, 4) is 21.7 Å². The van der Waals surface area contributed by atoms with Crippen LogP contribution >= 0.6 is 11.3 Å². The average Bonchev–Trinajstić information content (AvgIpc) is 3.06. The first-order valence-corrected chi connectivity index (χ1v) is 11.4. The molecule has 0 aliphatic rings. The molecule has 0 amide bonds. The van der Waals surface area contributed by atoms with Crippen molar-refractivity contribution in [1.82, 2.24) is 4.98 Å². The van der Waals surface area contributed by atoms with Crippen LogP contribution in [0.4, 0.5) is 9.52 Å². The molecule has 0 aliphatic heterocycles. The van der Waals surface area contributed by atoms with E-state index in [4.69, 9.17) is 4.98 Å². The summed E-state index contributed by atoms with van der Waals surface area (Å²) in [5.41, 5.74) is 2.45. The molecule has 0 saturated heterocycles. The van der Waals surface area contributed by atoms with Crippen molar-refractivity contribution in [2.24, 2.45) is 0 Å². The summed E-state index contributed by atoms with van der Waals surface area (Å²) in [6.45, 7) is 2.96. The van der Waals surface area contributed by atoms with Gasteiger partial charge in [0.2, 0.25) is 0 Å². The van der Waals surface area contributed by atoms with Gasteiger partial charge in [-0.3, -0.25) is 0 Å². The van der Waals surface area contributed by atoms with Crippen LogP contribution in [0.25, 0.3) is 21.7 Å². The molecule has 0 fully saturated rings. The minimum Gasteiger partial charge on any atom is -0.361 e. The molecule has 1 aromatic heterocycles. The first-order valence-electron chi connectivity index (χ1n) is 8.69. The van der Waals surface area contributed by atoms with Crippen LogP contribution in [-0.2, 0) is 9.84 Å². The van der Waals surface area contributed by atoms with E-state index in [0.717, 1.165) is 46.2 Å². The standard InChI is InChI=1S/C20H21FN2O2S2/c1-3-4-13-22-20-23-18(14-5-9-16(21)10-6-14)19(26-20)15-7-11-17(12-8-15)27(2,24)25/h5-12H,3-4,13H2,1-2H3,(H,22,23). The molecule has 4 nitrogen and oxygen atoms in total. The Bertz CT molecular complexity index is 1010. The van der Waals surface area contributed by atoms with E-state index in [0.29, 0.717) is 0 Å². The Morgan fingerprint density at radius 1 is 1.04 bits per heavy atom. The summed E-state index contributed by atoms with van der Waals surface area (Å²) in [6, 6.07) is 13.0. The average molecular weight is 405 g/mol. The molecule has 0 bridgehead atoms. The number of nitrogens with zero attached hydrogens (tertiary/aromatic N) is 1. The van der Waals surface area contributed by atoms with Crippen LogP contribution < -0.4 is 5.32 Å². The zero-order valence-corrected chi connectivity index (χ0v) is 16.8. The van der Waals surface area contributed by atoms with Crippen molar-refractivity contribution >= 4 is 26.3 Å². The van der Waals surface area contributed by atoms with E-state index in [1.54, 1.807) is 36.4 Å². The number of sulfone groups is 1. The van der Waals surface area contributed by atoms with Gasteiger partial charge >= 0.3 is 0 Å². The van der Waals surface area contributed by atoms with E-state index in [2.05, 4.69) is 12.2 Å². The Kier molecular flexibility index (Phi) is 5.92. The van der Waals surface area contributed by atoms with Crippen LogP contribution in [0.1, 0.15) is 19.8 Å². The Hall–Kier alpha value is -2.25. The van der Waals surface area contributed by atoms with Crippen molar-refractivity contribution in [3.63, 3.8) is 0 Å². The third kappa shape index (κ3) is 4.73. The predicted molar refractivity (Wildman–Crippen MR) is 109 cm³/mol. The predicted octanol–water partition coefficient (Wildman–Crippen LogP) is 5.23. The van der Waals surface area contributed by atoms with Gasteiger partial charge in [-0.1, -0.05) is 36.8 Å². The number of unbranched alkanes of at least 4 members (excludes halogenated alkanes) is 1. The van der Waals surface area contributed by atoms with E-state index in [1.807, 2.05) is 0 Å². The minimum atomic E-state index is -3.24. The monoisotopic (exact) mass is 404 g/mol. The molecule has 0 radical (unpaired) electrons. The van der Waals surface area contributed by atoms with Gasteiger partial charge in [0.25, 0.3) is 0 Å². The maximum atomic E-state index is 13.3. The molecule has 2 aromatic carbocycles. The molecule has 27 heavy (non-hydrogen) atoms. The molecule has 0 aliphatic carbocycles. The fourth-order valence-corrected chi connectivity index (χ4v) is 4.27. The summed E-state index contributed by atoms with van der Waals surface area (Å²) in [5.74, 6) is -0.297. The Morgan fingerprint density at radius 2 is 1.67 bits per heavy atom. The first-order chi connectivity index (χ1) is 12.9. The number of thiazole rings is 1. The molecule has 0 unspecified atom stereocenters. The summed E-state index contributed by atoms with van der Waals surface area (Å²) < 4.78 is 36.7. The fourth-order valence-electron chi connectivity index (χ4n) is 2.62. The van der Waals surface area contributed by atoms with Crippen molar-refractivity contribution in [3.05, 3.63) is 54.3 Å². The van der Waals surface area contributed by atoms with Gasteiger partial charge in [0.15, 0.2) is 15.0 Å². The SMILES string of the molecule is CCCCNc1nc(-c2ccc(F)cc2)c(-c2ccc(S(C)(=O)=O)cc2)s1. The van der Waals surface area contributed by atoms with Gasteiger partial charge in [-0.05, 0) is 48.4 Å². The molecule has 1 N–H and O–H groups in total. The van der Waals surface area contributed by atoms with Crippen LogP contribution in [0, 0.1) is 5.82 Å². The van der Waals surface area contributed by atoms with Gasteiger partial charge in [-0.15, -0.1) is 0 Å². The van der Waals surface area contributed by atoms with Crippen molar-refractivity contribution < 1.29 is 12.8 Å². The second kappa shape index (κ2) is 8.19. The summed E-state index contributed by atoms with van der Waals surface area (Å²) in [7, 11) is -3.24. The smallest absolute Gasteiger partial charge is 0.183 e. The zero-order valence-electron chi connectivity index (χ0n) is 15.2. The quantitative estimate of drug-likeness (QED) is 0.548. The fraction of sp³-hybridized carbons (Fsp3) is 0.250. The number of nitrogens with one attached hydrogen (secondary N) is 1. The van der Waals surface area contributed by atoms with Crippen LogP contribution in [-0.4, -0.2) is 26.2 Å². The van der Waals surface area contributed by atoms with Gasteiger partial charge in [-0.25, -0.2) is 17.8 Å². The van der Waals surface area contributed by atoms with Gasteiger partial charge < -0.3 is 5.32 Å². The highest BCUT2D eigenvalue weighted by molar-refractivity contribution is 7.90. The second-order valence-corrected chi connectivity index (χ2v) is 9.30. The topological polar surface area (TPSA) is 59.1 Å². The number of rotatable bonds is 7. The third-order valence-electron chi connectivity index (χ3n) is 4.10. The minimum absolute atomic E-state index is 0.278. The van der Waals surface area contributed by atoms with Crippen LogP contribution in [0.15, 0.2) is 53.4 Å². The number of benzene rings is 2. The van der Waals surface area contributed by atoms with E-state index in [9.17, 15) is 12.8 Å². The lowest BCUT2D eigenvalue weighted by atomic mass is 10.1. The Morgan fingerprint density at radius 3 is 2.26 bits per heavy atom. The number of aromatic nitrogens is 1. The molecular weight excluding hydrogens is 383 g/mol. The van der Waals surface area contributed by atoms with Crippen molar-refractivity contribution in [2.75, 3.05) is 18.1 Å². The third-order valence-corrected chi connectivity index (χ3v) is 6.29. The van der Waals surface area contributed by atoms with E-state index >= 15 is 0 Å². The number of hydrogen-bond donors (Lipinski definition) is 1. The van der Waals surface area contributed by atoms with Gasteiger partial charge in [0.05, 0.1) is 15.5 Å². The molecule has 0 saturated carbocycles. The number of anilines is 1. The van der Waals surface area contributed by atoms with Crippen molar-refractivity contribution in [1.29, 1.82) is 0 Å². The normalized spacial score (nSPS) is 11.5. The lowest BCUT2D eigenvalue weighted by molar-refractivity contribution is 0.602. The summed E-state index contributed by atoms with van der Waals surface area (Å²) in [5, 5.41) is 4.13. The molecule has 1 heterocycles. The van der Waals surface area contributed by atoms with E-state index in [-0.39, 0.29) is 10.7 Å². The van der Waals surface area contributed by atoms with Gasteiger partial charge in [0.1, 0.15) is 5.82 Å². The maximum Gasteiger partial charge on any atom is 0.183 e. The first kappa shape index (κ1) is 19.5. The molecule has 7 heteroatoms. The molecule has 0 spiro atoms. The lowest BCUT2D eigenvalue weighted by Gasteiger charge is -2.04. The summed E-state index contributed by atoms with van der Waals surface area (Å²) in [6.07, 6.45) is 3.32. The Balaban J connectivity index is 2.02. The maximum absolute atomic E-state index is 13.3. The van der Waals surface area contributed by atoms with Crippen LogP contribution in [0.3, 0.4) is 0 Å².